The van der Waals surface area contributed by atoms with Gasteiger partial charge in [-0.05, 0) is 57.4 Å². The van der Waals surface area contributed by atoms with Crippen molar-refractivity contribution in [2.45, 2.75) is 30.9 Å². The molecule has 2 aromatic rings. The Labute approximate surface area is 189 Å². The second-order valence-electron chi connectivity index (χ2n) is 8.42. The summed E-state index contributed by atoms with van der Waals surface area (Å²) in [6, 6.07) is 10.1. The van der Waals surface area contributed by atoms with Gasteiger partial charge in [-0.1, -0.05) is 24.8 Å². The number of aliphatic hydroxyl groups is 1. The molecule has 0 saturated carbocycles. The van der Waals surface area contributed by atoms with Gasteiger partial charge in [-0.15, -0.1) is 0 Å². The Balaban J connectivity index is 2.08. The van der Waals surface area contributed by atoms with Crippen LogP contribution >= 0.6 is 0 Å². The van der Waals surface area contributed by atoms with Crippen LogP contribution in [-0.2, 0) is 10.0 Å². The van der Waals surface area contributed by atoms with Gasteiger partial charge >= 0.3 is 0 Å². The SMILES string of the molecule is C[C@@H]1CN([C@@H](C)CO)S(=O)(=O)c2ccc(C#Cc3cccc(F)c3)cc2O[C@@H]1CN(C)C. The van der Waals surface area contributed by atoms with E-state index in [4.69, 9.17) is 4.74 Å². The third-order valence-electron chi connectivity index (χ3n) is 5.39. The van der Waals surface area contributed by atoms with E-state index < -0.39 is 16.1 Å². The van der Waals surface area contributed by atoms with Crippen molar-refractivity contribution in [2.75, 3.05) is 33.8 Å². The van der Waals surface area contributed by atoms with Gasteiger partial charge in [0.1, 0.15) is 22.6 Å². The zero-order valence-corrected chi connectivity index (χ0v) is 19.6. The molecule has 0 spiro atoms. The molecule has 3 atom stereocenters. The maximum absolute atomic E-state index is 13.4. The van der Waals surface area contributed by atoms with Gasteiger partial charge in [-0.2, -0.15) is 4.31 Å². The molecule has 0 aromatic heterocycles. The minimum Gasteiger partial charge on any atom is -0.487 e. The topological polar surface area (TPSA) is 70.1 Å². The summed E-state index contributed by atoms with van der Waals surface area (Å²) in [6.45, 7) is 4.19. The van der Waals surface area contributed by atoms with Crippen molar-refractivity contribution in [2.24, 2.45) is 5.92 Å². The van der Waals surface area contributed by atoms with Gasteiger partial charge in [0, 0.05) is 36.2 Å². The first kappa shape index (κ1) is 24.2. The maximum atomic E-state index is 13.4. The normalized spacial score (nSPS) is 21.5. The van der Waals surface area contributed by atoms with Crippen LogP contribution in [-0.4, -0.2) is 68.7 Å². The molecule has 1 aliphatic rings. The van der Waals surface area contributed by atoms with Gasteiger partial charge in [0.05, 0.1) is 6.61 Å². The van der Waals surface area contributed by atoms with E-state index in [1.165, 1.54) is 22.5 Å². The molecule has 0 saturated heterocycles. The van der Waals surface area contributed by atoms with E-state index in [-0.39, 0.29) is 41.6 Å². The van der Waals surface area contributed by atoms with Crippen LogP contribution < -0.4 is 4.74 Å². The summed E-state index contributed by atoms with van der Waals surface area (Å²) in [7, 11) is -0.0272. The highest BCUT2D eigenvalue weighted by atomic mass is 32.2. The van der Waals surface area contributed by atoms with Crippen LogP contribution in [0.15, 0.2) is 47.4 Å². The average molecular weight is 461 g/mol. The van der Waals surface area contributed by atoms with Crippen molar-refractivity contribution in [3.8, 4) is 17.6 Å². The number of hydrogen-bond acceptors (Lipinski definition) is 5. The van der Waals surface area contributed by atoms with E-state index in [1.54, 1.807) is 31.2 Å². The summed E-state index contributed by atoms with van der Waals surface area (Å²) in [6.07, 6.45) is -0.265. The molecule has 8 heteroatoms. The Hall–Kier alpha value is -2.44. The van der Waals surface area contributed by atoms with Crippen LogP contribution in [0.4, 0.5) is 4.39 Å². The first-order valence-electron chi connectivity index (χ1n) is 10.5. The number of ether oxygens (including phenoxy) is 1. The van der Waals surface area contributed by atoms with Crippen molar-refractivity contribution in [1.82, 2.24) is 9.21 Å². The Kier molecular flexibility index (Phi) is 7.57. The molecule has 0 amide bonds. The van der Waals surface area contributed by atoms with E-state index in [0.29, 0.717) is 17.7 Å². The number of likely N-dealkylation sites (N-methyl/N-ethyl adjacent to an activating group) is 1. The van der Waals surface area contributed by atoms with E-state index in [9.17, 15) is 17.9 Å². The number of fused-ring (bicyclic) bond motifs is 1. The van der Waals surface area contributed by atoms with Crippen LogP contribution in [0, 0.1) is 23.6 Å². The lowest BCUT2D eigenvalue weighted by Crippen LogP contribution is -2.49. The molecule has 1 N–H and O–H groups in total. The van der Waals surface area contributed by atoms with Gasteiger partial charge in [-0.25, -0.2) is 12.8 Å². The third kappa shape index (κ3) is 5.48. The molecule has 32 heavy (non-hydrogen) atoms. The monoisotopic (exact) mass is 460 g/mol. The maximum Gasteiger partial charge on any atom is 0.247 e. The van der Waals surface area contributed by atoms with Crippen LogP contribution in [0.5, 0.6) is 5.75 Å². The Morgan fingerprint density at radius 2 is 1.91 bits per heavy atom. The average Bonchev–Trinajstić information content (AvgIpc) is 2.74. The molecule has 1 heterocycles. The predicted octanol–water partition coefficient (Wildman–Crippen LogP) is 2.56. The Morgan fingerprint density at radius 3 is 2.53 bits per heavy atom. The fraction of sp³-hybridized carbons (Fsp3) is 0.417. The molecule has 3 rings (SSSR count). The quantitative estimate of drug-likeness (QED) is 0.711. The van der Waals surface area contributed by atoms with Crippen molar-refractivity contribution in [3.05, 3.63) is 59.4 Å². The summed E-state index contributed by atoms with van der Waals surface area (Å²) in [5.41, 5.74) is 1.08. The van der Waals surface area contributed by atoms with E-state index in [2.05, 4.69) is 11.8 Å². The summed E-state index contributed by atoms with van der Waals surface area (Å²) >= 11 is 0. The molecule has 0 aliphatic carbocycles. The lowest BCUT2D eigenvalue weighted by molar-refractivity contribution is 0.0812. The molecular formula is C24H29FN2O4S. The second kappa shape index (κ2) is 10.0. The number of nitrogens with zero attached hydrogens (tertiary/aromatic N) is 2. The molecule has 172 valence electrons. The molecule has 1 aliphatic heterocycles. The van der Waals surface area contributed by atoms with Gasteiger partial charge in [0.2, 0.25) is 10.0 Å². The minimum absolute atomic E-state index is 0.0461. The first-order chi connectivity index (χ1) is 15.1. The number of hydrogen-bond donors (Lipinski definition) is 1. The minimum atomic E-state index is -3.89. The van der Waals surface area contributed by atoms with Gasteiger partial charge in [0.15, 0.2) is 0 Å². The zero-order chi connectivity index (χ0) is 23.5. The lowest BCUT2D eigenvalue weighted by Gasteiger charge is -2.37. The Morgan fingerprint density at radius 1 is 1.22 bits per heavy atom. The van der Waals surface area contributed by atoms with Gasteiger partial charge in [0.25, 0.3) is 0 Å². The van der Waals surface area contributed by atoms with Crippen LogP contribution in [0.3, 0.4) is 0 Å². The lowest BCUT2D eigenvalue weighted by atomic mass is 10.0. The highest BCUT2D eigenvalue weighted by Crippen LogP contribution is 2.34. The summed E-state index contributed by atoms with van der Waals surface area (Å²) in [4.78, 5) is 2.04. The molecule has 0 fully saturated rings. The molecule has 0 unspecified atom stereocenters. The van der Waals surface area contributed by atoms with Crippen LogP contribution in [0.25, 0.3) is 0 Å². The largest absolute Gasteiger partial charge is 0.487 e. The van der Waals surface area contributed by atoms with Crippen molar-refractivity contribution in [3.63, 3.8) is 0 Å². The van der Waals surface area contributed by atoms with Crippen LogP contribution in [0.1, 0.15) is 25.0 Å². The summed E-state index contributed by atoms with van der Waals surface area (Å²) in [5, 5.41) is 9.68. The number of aliphatic hydroxyl groups excluding tert-OH is 1. The highest BCUT2D eigenvalue weighted by Gasteiger charge is 2.37. The molecule has 2 aromatic carbocycles. The summed E-state index contributed by atoms with van der Waals surface area (Å²) < 4.78 is 47.9. The number of rotatable bonds is 4. The van der Waals surface area contributed by atoms with Gasteiger partial charge < -0.3 is 14.7 Å². The third-order valence-corrected chi connectivity index (χ3v) is 7.41. The van der Waals surface area contributed by atoms with Crippen molar-refractivity contribution in [1.29, 1.82) is 0 Å². The fourth-order valence-corrected chi connectivity index (χ4v) is 5.42. The number of sulfonamides is 1. The predicted molar refractivity (Wildman–Crippen MR) is 121 cm³/mol. The van der Waals surface area contributed by atoms with Crippen molar-refractivity contribution >= 4 is 10.0 Å². The first-order valence-corrected chi connectivity index (χ1v) is 11.9. The smallest absolute Gasteiger partial charge is 0.247 e. The Bertz CT molecular complexity index is 1120. The number of halogens is 1. The fourth-order valence-electron chi connectivity index (χ4n) is 3.59. The highest BCUT2D eigenvalue weighted by molar-refractivity contribution is 7.89. The van der Waals surface area contributed by atoms with E-state index in [1.807, 2.05) is 25.9 Å². The molecule has 6 nitrogen and oxygen atoms in total. The van der Waals surface area contributed by atoms with Crippen LogP contribution in [0.2, 0.25) is 0 Å². The zero-order valence-electron chi connectivity index (χ0n) is 18.7. The standard InChI is InChI=1S/C24H29FN2O4S/c1-17-14-27(18(2)16-28)32(29,30)24-11-10-20(9-8-19-6-5-7-21(25)12-19)13-22(24)31-23(17)15-26(3)4/h5-7,10-13,17-18,23,28H,14-16H2,1-4H3/t17-,18+,23-/m1/s1. The molecular weight excluding hydrogens is 431 g/mol. The van der Waals surface area contributed by atoms with E-state index in [0.717, 1.165) is 0 Å². The summed E-state index contributed by atoms with van der Waals surface area (Å²) in [5.74, 6) is 5.60. The molecule has 0 bridgehead atoms. The second-order valence-corrected chi connectivity index (χ2v) is 10.3. The molecule has 0 radical (unpaired) electrons. The van der Waals surface area contributed by atoms with Gasteiger partial charge in [-0.3, -0.25) is 0 Å². The number of benzene rings is 2. The van der Waals surface area contributed by atoms with E-state index >= 15 is 0 Å². The van der Waals surface area contributed by atoms with Crippen molar-refractivity contribution < 1.29 is 22.7 Å².